The summed E-state index contributed by atoms with van der Waals surface area (Å²) in [6, 6.07) is 5.75. The molecule has 3 nitrogen and oxygen atoms in total. The first-order valence-corrected chi connectivity index (χ1v) is 3.72. The first-order chi connectivity index (χ1) is 5.66. The van der Waals surface area contributed by atoms with Gasteiger partial charge in [0.25, 0.3) is 0 Å². The van der Waals surface area contributed by atoms with Gasteiger partial charge in [-0.15, -0.1) is 0 Å². The summed E-state index contributed by atoms with van der Waals surface area (Å²) >= 11 is 0. The smallest absolute Gasteiger partial charge is 0.101 e. The maximum Gasteiger partial charge on any atom is 0.101 e. The van der Waals surface area contributed by atoms with Crippen molar-refractivity contribution in [2.75, 3.05) is 0 Å². The molecule has 1 rings (SSSR count). The van der Waals surface area contributed by atoms with Crippen LogP contribution < -0.4 is 5.73 Å². The second kappa shape index (κ2) is 6.32. The van der Waals surface area contributed by atoms with Crippen LogP contribution in [0.15, 0.2) is 24.5 Å². The number of aromatic nitrogens is 1. The lowest BCUT2D eigenvalue weighted by Crippen LogP contribution is -2.06. The summed E-state index contributed by atoms with van der Waals surface area (Å²) in [5.74, 6) is 0. The topological polar surface area (TPSA) is 62.7 Å². The van der Waals surface area contributed by atoms with Crippen molar-refractivity contribution in [3.63, 3.8) is 0 Å². The van der Waals surface area contributed by atoms with Crippen LogP contribution in [0.4, 0.5) is 0 Å². The highest BCUT2D eigenvalue weighted by atomic mass is 14.6. The predicted molar refractivity (Wildman–Crippen MR) is 48.3 cm³/mol. The Morgan fingerprint density at radius 1 is 1.58 bits per heavy atom. The van der Waals surface area contributed by atoms with E-state index in [1.165, 1.54) is 6.20 Å². The zero-order valence-corrected chi connectivity index (χ0v) is 7.36. The first-order valence-electron chi connectivity index (χ1n) is 3.72. The van der Waals surface area contributed by atoms with Crippen molar-refractivity contribution in [1.29, 1.82) is 5.26 Å². The summed E-state index contributed by atoms with van der Waals surface area (Å²) in [6.07, 6.45) is 3.17. The van der Waals surface area contributed by atoms with Crippen molar-refractivity contribution in [1.82, 2.24) is 4.98 Å². The van der Waals surface area contributed by atoms with Crippen LogP contribution in [0, 0.1) is 11.3 Å². The third-order valence-corrected chi connectivity index (χ3v) is 0.791. The van der Waals surface area contributed by atoms with E-state index in [4.69, 9.17) is 11.0 Å². The fourth-order valence-corrected chi connectivity index (χ4v) is 0.429. The summed E-state index contributed by atoms with van der Waals surface area (Å²) in [6.45, 7) is 3.89. The van der Waals surface area contributed by atoms with Crippen LogP contribution in [0.2, 0.25) is 0 Å². The number of hydrogen-bond acceptors (Lipinski definition) is 3. The molecule has 0 amide bonds. The number of nitrogens with zero attached hydrogens (tertiary/aromatic N) is 2. The molecular formula is C9H13N3. The van der Waals surface area contributed by atoms with Crippen molar-refractivity contribution in [2.24, 2.45) is 5.73 Å². The highest BCUT2D eigenvalue weighted by Crippen LogP contribution is 1.89. The van der Waals surface area contributed by atoms with Crippen molar-refractivity contribution >= 4 is 0 Å². The van der Waals surface area contributed by atoms with Crippen molar-refractivity contribution < 1.29 is 0 Å². The SMILES string of the molecule is CC(C)N.N#Cc1cccnc1. The standard InChI is InChI=1S/C6H4N2.C3H9N/c7-4-6-2-1-3-8-5-6;1-3(2)4/h1-3,5H;3H,4H2,1-2H3. The van der Waals surface area contributed by atoms with Gasteiger partial charge in [-0.3, -0.25) is 4.98 Å². The number of hydrogen-bond donors (Lipinski definition) is 1. The molecule has 0 aromatic carbocycles. The molecule has 0 radical (unpaired) electrons. The summed E-state index contributed by atoms with van der Waals surface area (Å²) in [7, 11) is 0. The summed E-state index contributed by atoms with van der Waals surface area (Å²) in [5, 5.41) is 8.25. The predicted octanol–water partition coefficient (Wildman–Crippen LogP) is 1.31. The Labute approximate surface area is 72.8 Å². The minimum Gasteiger partial charge on any atom is -0.328 e. The summed E-state index contributed by atoms with van der Waals surface area (Å²) < 4.78 is 0. The van der Waals surface area contributed by atoms with Crippen molar-refractivity contribution in [3.8, 4) is 6.07 Å². The molecule has 12 heavy (non-hydrogen) atoms. The summed E-state index contributed by atoms with van der Waals surface area (Å²) in [4.78, 5) is 3.73. The van der Waals surface area contributed by atoms with Gasteiger partial charge in [0.2, 0.25) is 0 Å². The van der Waals surface area contributed by atoms with Gasteiger partial charge in [0.1, 0.15) is 6.07 Å². The van der Waals surface area contributed by atoms with Crippen LogP contribution in [0.1, 0.15) is 19.4 Å². The quantitative estimate of drug-likeness (QED) is 0.627. The van der Waals surface area contributed by atoms with Crippen molar-refractivity contribution in [3.05, 3.63) is 30.1 Å². The Balaban J connectivity index is 0.000000261. The highest BCUT2D eigenvalue weighted by Gasteiger charge is 1.80. The molecule has 3 heteroatoms. The second-order valence-electron chi connectivity index (χ2n) is 2.60. The van der Waals surface area contributed by atoms with E-state index in [0.29, 0.717) is 11.6 Å². The lowest BCUT2D eigenvalue weighted by molar-refractivity contribution is 0.834. The largest absolute Gasteiger partial charge is 0.328 e. The number of nitriles is 1. The third-order valence-electron chi connectivity index (χ3n) is 0.791. The Bertz CT molecular complexity index is 233. The van der Waals surface area contributed by atoms with Gasteiger partial charge in [-0.1, -0.05) is 13.8 Å². The van der Waals surface area contributed by atoms with E-state index in [2.05, 4.69) is 4.98 Å². The normalized spacial score (nSPS) is 8.25. The van der Waals surface area contributed by atoms with E-state index >= 15 is 0 Å². The Morgan fingerprint density at radius 2 is 2.17 bits per heavy atom. The van der Waals surface area contributed by atoms with Gasteiger partial charge in [-0.25, -0.2) is 0 Å². The molecule has 0 fully saturated rings. The van der Waals surface area contributed by atoms with E-state index in [9.17, 15) is 0 Å². The molecule has 0 aliphatic carbocycles. The first kappa shape index (κ1) is 10.6. The van der Waals surface area contributed by atoms with E-state index < -0.39 is 0 Å². The molecule has 2 N–H and O–H groups in total. The fourth-order valence-electron chi connectivity index (χ4n) is 0.429. The van der Waals surface area contributed by atoms with Gasteiger partial charge < -0.3 is 5.73 Å². The van der Waals surface area contributed by atoms with Gasteiger partial charge >= 0.3 is 0 Å². The lowest BCUT2D eigenvalue weighted by Gasteiger charge is -1.81. The van der Waals surface area contributed by atoms with Crippen LogP contribution in [0.5, 0.6) is 0 Å². The van der Waals surface area contributed by atoms with Gasteiger partial charge in [-0.2, -0.15) is 5.26 Å². The highest BCUT2D eigenvalue weighted by molar-refractivity contribution is 5.23. The Hall–Kier alpha value is -1.40. The maximum absolute atomic E-state index is 8.25. The van der Waals surface area contributed by atoms with Gasteiger partial charge in [-0.05, 0) is 18.2 Å². The molecule has 0 unspecified atom stereocenters. The molecular weight excluding hydrogens is 150 g/mol. The van der Waals surface area contributed by atoms with Crippen LogP contribution in [-0.4, -0.2) is 11.0 Å². The second-order valence-corrected chi connectivity index (χ2v) is 2.60. The number of nitrogens with two attached hydrogens (primary N) is 1. The molecule has 0 aliphatic heterocycles. The molecule has 0 saturated heterocycles. The third kappa shape index (κ3) is 6.72. The molecule has 1 aromatic heterocycles. The number of rotatable bonds is 0. The van der Waals surface area contributed by atoms with Crippen LogP contribution in [0.25, 0.3) is 0 Å². The molecule has 1 heterocycles. The Morgan fingerprint density at radius 3 is 2.42 bits per heavy atom. The molecule has 0 spiro atoms. The van der Waals surface area contributed by atoms with Gasteiger partial charge in [0.05, 0.1) is 5.56 Å². The average Bonchev–Trinajstić information content (AvgIpc) is 2.05. The summed E-state index contributed by atoms with van der Waals surface area (Å²) in [5.41, 5.74) is 5.72. The van der Waals surface area contributed by atoms with Gasteiger partial charge in [0.15, 0.2) is 0 Å². The zero-order valence-electron chi connectivity index (χ0n) is 7.36. The fraction of sp³-hybridized carbons (Fsp3) is 0.333. The molecule has 0 saturated carbocycles. The van der Waals surface area contributed by atoms with E-state index in [1.54, 1.807) is 18.3 Å². The van der Waals surface area contributed by atoms with Crippen LogP contribution in [0.3, 0.4) is 0 Å². The molecule has 0 aliphatic rings. The van der Waals surface area contributed by atoms with Crippen LogP contribution >= 0.6 is 0 Å². The average molecular weight is 163 g/mol. The van der Waals surface area contributed by atoms with E-state index in [-0.39, 0.29) is 0 Å². The van der Waals surface area contributed by atoms with E-state index in [1.807, 2.05) is 19.9 Å². The monoisotopic (exact) mass is 163 g/mol. The zero-order chi connectivity index (χ0) is 9.40. The minimum atomic E-state index is 0.333. The molecule has 0 bridgehead atoms. The molecule has 0 atom stereocenters. The molecule has 1 aromatic rings. The Kier molecular flexibility index (Phi) is 5.58. The van der Waals surface area contributed by atoms with Crippen molar-refractivity contribution in [2.45, 2.75) is 19.9 Å². The van der Waals surface area contributed by atoms with Gasteiger partial charge in [0, 0.05) is 12.4 Å². The lowest BCUT2D eigenvalue weighted by atomic mass is 10.3. The maximum atomic E-state index is 8.25. The van der Waals surface area contributed by atoms with Crippen LogP contribution in [-0.2, 0) is 0 Å². The number of pyridine rings is 1. The minimum absolute atomic E-state index is 0.333. The molecule has 64 valence electrons. The van der Waals surface area contributed by atoms with E-state index in [0.717, 1.165) is 0 Å².